The molecule has 38 heavy (non-hydrogen) atoms. The third-order valence-electron chi connectivity index (χ3n) is 8.82. The van der Waals surface area contributed by atoms with Gasteiger partial charge >= 0.3 is 6.09 Å². The first-order valence-corrected chi connectivity index (χ1v) is 13.8. The highest BCUT2D eigenvalue weighted by Crippen LogP contribution is 2.45. The van der Waals surface area contributed by atoms with E-state index in [0.29, 0.717) is 39.1 Å². The zero-order valence-electron chi connectivity index (χ0n) is 21.5. The van der Waals surface area contributed by atoms with Crippen LogP contribution in [0.25, 0.3) is 11.1 Å². The summed E-state index contributed by atoms with van der Waals surface area (Å²) in [4.78, 5) is 15.3. The summed E-state index contributed by atoms with van der Waals surface area (Å²) in [7, 11) is 0. The fourth-order valence-electron chi connectivity index (χ4n) is 7.02. The molecule has 1 N–H and O–H groups in total. The molecule has 2 saturated heterocycles. The van der Waals surface area contributed by atoms with Crippen molar-refractivity contribution in [2.75, 3.05) is 26.4 Å². The molecule has 2 fully saturated rings. The van der Waals surface area contributed by atoms with Crippen LogP contribution in [0.2, 0.25) is 0 Å². The van der Waals surface area contributed by atoms with Crippen molar-refractivity contribution >= 4 is 6.09 Å². The van der Waals surface area contributed by atoms with Gasteiger partial charge in [0.15, 0.2) is 0 Å². The maximum atomic E-state index is 13.4. The van der Waals surface area contributed by atoms with E-state index >= 15 is 0 Å². The molecular formula is C32H33NO5. The summed E-state index contributed by atoms with van der Waals surface area (Å²) < 4.78 is 17.4. The minimum atomic E-state index is -0.825. The maximum Gasteiger partial charge on any atom is 0.410 e. The van der Waals surface area contributed by atoms with E-state index in [1.54, 1.807) is 0 Å². The quantitative estimate of drug-likeness (QED) is 0.516. The Labute approximate surface area is 223 Å². The summed E-state index contributed by atoms with van der Waals surface area (Å²) in [5.74, 6) is 1.01. The summed E-state index contributed by atoms with van der Waals surface area (Å²) in [6, 6.07) is 22.7. The van der Waals surface area contributed by atoms with Crippen molar-refractivity contribution in [3.63, 3.8) is 0 Å². The van der Waals surface area contributed by atoms with Crippen molar-refractivity contribution in [2.45, 2.75) is 55.7 Å². The lowest BCUT2D eigenvalue weighted by atomic mass is 9.78. The molecule has 196 valence electrons. The van der Waals surface area contributed by atoms with Gasteiger partial charge in [0.05, 0.1) is 37.5 Å². The van der Waals surface area contributed by atoms with Gasteiger partial charge in [-0.25, -0.2) is 4.79 Å². The Hall–Kier alpha value is -3.35. The van der Waals surface area contributed by atoms with Crippen molar-refractivity contribution in [2.24, 2.45) is 0 Å². The van der Waals surface area contributed by atoms with Gasteiger partial charge in [0.2, 0.25) is 0 Å². The number of carbonyl (C=O) groups excluding carboxylic acids is 1. The largest absolute Gasteiger partial charge is 0.493 e. The van der Waals surface area contributed by atoms with Crippen LogP contribution in [0.15, 0.2) is 66.7 Å². The SMILES string of the molecule is O=C(OCC1c2ccccc2-c2ccccc21)N1C2COCC1CC(O)(CCc1ccc3c(c1)CCO3)C2. The van der Waals surface area contributed by atoms with E-state index < -0.39 is 5.60 Å². The van der Waals surface area contributed by atoms with Crippen molar-refractivity contribution in [1.29, 1.82) is 0 Å². The summed E-state index contributed by atoms with van der Waals surface area (Å²) in [5, 5.41) is 11.6. The number of carbonyl (C=O) groups is 1. The molecule has 3 aromatic carbocycles. The second kappa shape index (κ2) is 9.44. The monoisotopic (exact) mass is 511 g/mol. The number of nitrogens with zero attached hydrogens (tertiary/aromatic N) is 1. The molecule has 0 radical (unpaired) electrons. The Balaban J connectivity index is 1.02. The van der Waals surface area contributed by atoms with E-state index in [1.165, 1.54) is 33.4 Å². The summed E-state index contributed by atoms with van der Waals surface area (Å²) in [6.45, 7) is 1.91. The molecular weight excluding hydrogens is 478 g/mol. The summed E-state index contributed by atoms with van der Waals surface area (Å²) in [5.41, 5.74) is 6.50. The molecule has 3 heterocycles. The molecule has 2 bridgehead atoms. The van der Waals surface area contributed by atoms with Crippen LogP contribution in [-0.4, -0.2) is 60.2 Å². The molecule has 6 heteroatoms. The number of ether oxygens (including phenoxy) is 3. The first-order valence-electron chi connectivity index (χ1n) is 13.8. The molecule has 6 nitrogen and oxygen atoms in total. The van der Waals surface area contributed by atoms with Crippen LogP contribution < -0.4 is 4.74 Å². The number of aliphatic hydroxyl groups is 1. The average Bonchev–Trinajstić information content (AvgIpc) is 3.52. The number of amides is 1. The lowest BCUT2D eigenvalue weighted by Crippen LogP contribution is -2.63. The van der Waals surface area contributed by atoms with E-state index in [0.717, 1.165) is 25.2 Å². The molecule has 0 saturated carbocycles. The third kappa shape index (κ3) is 4.16. The van der Waals surface area contributed by atoms with Crippen molar-refractivity contribution < 1.29 is 24.1 Å². The first kappa shape index (κ1) is 23.7. The molecule has 3 aliphatic heterocycles. The standard InChI is InChI=1S/C32H33NO5/c34-31(38-20-29-27-7-3-1-5-25(27)26-6-2-4-8-28(26)29)33-23-16-32(35,17-24(33)19-36-18-23)13-11-21-9-10-30-22(15-21)12-14-37-30/h1-10,15,23-24,29,35H,11-14,16-20H2. The molecule has 3 aromatic rings. The van der Waals surface area contributed by atoms with Crippen molar-refractivity contribution in [1.82, 2.24) is 4.90 Å². The zero-order valence-corrected chi connectivity index (χ0v) is 21.5. The van der Waals surface area contributed by atoms with Crippen LogP contribution in [0.4, 0.5) is 4.79 Å². The second-order valence-electron chi connectivity index (χ2n) is 11.2. The molecule has 1 aliphatic carbocycles. The summed E-state index contributed by atoms with van der Waals surface area (Å²) >= 11 is 0. The van der Waals surface area contributed by atoms with Crippen LogP contribution in [-0.2, 0) is 22.3 Å². The lowest BCUT2D eigenvalue weighted by molar-refractivity contribution is -0.135. The third-order valence-corrected chi connectivity index (χ3v) is 8.82. The van der Waals surface area contributed by atoms with Gasteiger partial charge in [-0.3, -0.25) is 4.90 Å². The number of rotatable bonds is 5. The van der Waals surface area contributed by atoms with E-state index in [1.807, 2.05) is 23.1 Å². The number of hydrogen-bond donors (Lipinski definition) is 1. The number of aryl methyl sites for hydroxylation is 1. The molecule has 2 unspecified atom stereocenters. The molecule has 4 aliphatic rings. The zero-order chi connectivity index (χ0) is 25.7. The predicted molar refractivity (Wildman–Crippen MR) is 143 cm³/mol. The Kier molecular flexibility index (Phi) is 5.90. The highest BCUT2D eigenvalue weighted by atomic mass is 16.6. The maximum absolute atomic E-state index is 13.4. The number of hydrogen-bond acceptors (Lipinski definition) is 5. The van der Waals surface area contributed by atoms with Gasteiger partial charge in [-0.05, 0) is 65.1 Å². The number of piperidine rings is 1. The van der Waals surface area contributed by atoms with E-state index in [-0.39, 0.29) is 24.1 Å². The highest BCUT2D eigenvalue weighted by Gasteiger charge is 2.48. The van der Waals surface area contributed by atoms with Crippen molar-refractivity contribution in [3.8, 4) is 16.9 Å². The first-order chi connectivity index (χ1) is 18.6. The van der Waals surface area contributed by atoms with Crippen molar-refractivity contribution in [3.05, 3.63) is 89.0 Å². The Bertz CT molecular complexity index is 1310. The molecule has 2 atom stereocenters. The van der Waals surface area contributed by atoms with Gasteiger partial charge in [0, 0.05) is 12.3 Å². The highest BCUT2D eigenvalue weighted by molar-refractivity contribution is 5.79. The predicted octanol–water partition coefficient (Wildman–Crippen LogP) is 5.10. The fraction of sp³-hybridized carbons (Fsp3) is 0.406. The molecule has 0 spiro atoms. The van der Waals surface area contributed by atoms with Gasteiger partial charge < -0.3 is 19.3 Å². The summed E-state index contributed by atoms with van der Waals surface area (Å²) in [6.07, 6.45) is 3.12. The van der Waals surface area contributed by atoms with Gasteiger partial charge in [-0.15, -0.1) is 0 Å². The van der Waals surface area contributed by atoms with Gasteiger partial charge in [0.25, 0.3) is 0 Å². The average molecular weight is 512 g/mol. The van der Waals surface area contributed by atoms with E-state index in [2.05, 4.69) is 48.5 Å². The Morgan fingerprint density at radius 1 is 0.974 bits per heavy atom. The Morgan fingerprint density at radius 2 is 1.66 bits per heavy atom. The smallest absolute Gasteiger partial charge is 0.410 e. The van der Waals surface area contributed by atoms with E-state index in [4.69, 9.17) is 14.2 Å². The number of benzene rings is 3. The van der Waals surface area contributed by atoms with Gasteiger partial charge in [0.1, 0.15) is 12.4 Å². The number of morpholine rings is 1. The fourth-order valence-corrected chi connectivity index (χ4v) is 7.02. The normalized spacial score (nSPS) is 25.3. The topological polar surface area (TPSA) is 68.2 Å². The second-order valence-corrected chi connectivity index (χ2v) is 11.2. The molecule has 1 amide bonds. The van der Waals surface area contributed by atoms with Crippen LogP contribution in [0.5, 0.6) is 5.75 Å². The lowest BCUT2D eigenvalue weighted by Gasteiger charge is -2.51. The van der Waals surface area contributed by atoms with Crippen LogP contribution >= 0.6 is 0 Å². The molecule has 0 aromatic heterocycles. The van der Waals surface area contributed by atoms with E-state index in [9.17, 15) is 9.90 Å². The minimum Gasteiger partial charge on any atom is -0.493 e. The van der Waals surface area contributed by atoms with Gasteiger partial charge in [-0.1, -0.05) is 60.7 Å². The van der Waals surface area contributed by atoms with Crippen LogP contribution in [0, 0.1) is 0 Å². The minimum absolute atomic E-state index is 0.0295. The van der Waals surface area contributed by atoms with Crippen LogP contribution in [0.3, 0.4) is 0 Å². The van der Waals surface area contributed by atoms with Gasteiger partial charge in [-0.2, -0.15) is 0 Å². The number of fused-ring (bicyclic) bond motifs is 6. The molecule has 7 rings (SSSR count). The Morgan fingerprint density at radius 3 is 2.37 bits per heavy atom. The van der Waals surface area contributed by atoms with Crippen LogP contribution in [0.1, 0.15) is 47.4 Å².